The Morgan fingerprint density at radius 1 is 0.667 bits per heavy atom. The minimum absolute atomic E-state index is 0.103. The first-order valence-corrected chi connectivity index (χ1v) is 16.5. The number of allylic oxidation sites excluding steroid dienone is 1. The molecule has 0 bridgehead atoms. The zero-order valence-corrected chi connectivity index (χ0v) is 24.8. The van der Waals surface area contributed by atoms with E-state index in [9.17, 15) is 0 Å². The maximum absolute atomic E-state index is 6.78. The maximum atomic E-state index is 6.78. The Morgan fingerprint density at radius 2 is 1.21 bits per heavy atom. The van der Waals surface area contributed by atoms with Gasteiger partial charge >= 0.3 is 0 Å². The highest BCUT2D eigenvalue weighted by atomic mass is 28.4. The third-order valence-electron chi connectivity index (χ3n) is 7.23. The predicted octanol–water partition coefficient (Wildman–Crippen LogP) is 9.48. The highest BCUT2D eigenvalue weighted by Gasteiger charge is 2.39. The van der Waals surface area contributed by atoms with Gasteiger partial charge in [-0.3, -0.25) is 0 Å². The van der Waals surface area contributed by atoms with Gasteiger partial charge in [0.1, 0.15) is 30.5 Å². The molecule has 4 aromatic rings. The number of hydrogen-bond acceptors (Lipinski definition) is 3. The zero-order valence-electron chi connectivity index (χ0n) is 23.8. The van der Waals surface area contributed by atoms with Crippen molar-refractivity contribution >= 4 is 14.4 Å². The van der Waals surface area contributed by atoms with Crippen molar-refractivity contribution in [3.8, 4) is 17.2 Å². The molecule has 0 aromatic heterocycles. The molecular formula is C35H40O3Si. The average molecular weight is 537 g/mol. The third-order valence-corrected chi connectivity index (χ3v) is 11.6. The van der Waals surface area contributed by atoms with E-state index in [0.717, 1.165) is 45.9 Å². The van der Waals surface area contributed by atoms with Gasteiger partial charge in [0.15, 0.2) is 0 Å². The van der Waals surface area contributed by atoms with E-state index in [4.69, 9.17) is 13.9 Å². The van der Waals surface area contributed by atoms with Gasteiger partial charge in [0.25, 0.3) is 0 Å². The smallest absolute Gasteiger partial charge is 0.250 e. The van der Waals surface area contributed by atoms with Gasteiger partial charge in [-0.15, -0.1) is 0 Å². The fourth-order valence-corrected chi connectivity index (χ4v) is 4.84. The van der Waals surface area contributed by atoms with Crippen LogP contribution in [0.5, 0.6) is 17.2 Å². The van der Waals surface area contributed by atoms with Gasteiger partial charge in [-0.25, -0.2) is 0 Å². The van der Waals surface area contributed by atoms with Crippen LogP contribution in [0.15, 0.2) is 109 Å². The first-order chi connectivity index (χ1) is 18.7. The van der Waals surface area contributed by atoms with Gasteiger partial charge in [0.05, 0.1) is 0 Å². The highest BCUT2D eigenvalue weighted by Crippen LogP contribution is 2.39. The molecule has 0 aliphatic carbocycles. The lowest BCUT2D eigenvalue weighted by atomic mass is 10.1. The van der Waals surface area contributed by atoms with Crippen molar-refractivity contribution in [3.05, 3.63) is 131 Å². The highest BCUT2D eigenvalue weighted by molar-refractivity contribution is 6.74. The van der Waals surface area contributed by atoms with Crippen LogP contribution in [-0.2, 0) is 19.6 Å². The Balaban J connectivity index is 1.43. The number of rotatable bonds is 11. The Hall–Kier alpha value is -3.76. The summed E-state index contributed by atoms with van der Waals surface area (Å²) in [6.45, 7) is 12.5. The molecule has 0 aliphatic heterocycles. The molecule has 3 nitrogen and oxygen atoms in total. The maximum Gasteiger partial charge on any atom is 0.250 e. The lowest BCUT2D eigenvalue weighted by Gasteiger charge is -2.37. The summed E-state index contributed by atoms with van der Waals surface area (Å²) in [4.78, 5) is 0. The van der Waals surface area contributed by atoms with Gasteiger partial charge in [-0.1, -0.05) is 112 Å². The van der Waals surface area contributed by atoms with Gasteiger partial charge in [0.2, 0.25) is 8.32 Å². The molecule has 0 amide bonds. The summed E-state index contributed by atoms with van der Waals surface area (Å²) in [7, 11) is -2.02. The second-order valence-corrected chi connectivity index (χ2v) is 16.1. The molecule has 0 unspecified atom stereocenters. The van der Waals surface area contributed by atoms with Crippen LogP contribution in [0.2, 0.25) is 18.1 Å². The molecule has 0 aliphatic rings. The molecule has 0 heterocycles. The Kier molecular flexibility index (Phi) is 9.31. The molecule has 0 N–H and O–H groups in total. The van der Waals surface area contributed by atoms with Crippen molar-refractivity contribution in [2.45, 2.75) is 58.5 Å². The fourth-order valence-electron chi connectivity index (χ4n) is 3.80. The Morgan fingerprint density at radius 3 is 1.77 bits per heavy atom. The molecule has 4 heteroatoms. The van der Waals surface area contributed by atoms with Crippen molar-refractivity contribution in [2.75, 3.05) is 0 Å². The normalized spacial score (nSPS) is 11.9. The van der Waals surface area contributed by atoms with Crippen LogP contribution < -0.4 is 13.9 Å². The van der Waals surface area contributed by atoms with Crippen molar-refractivity contribution in [3.63, 3.8) is 0 Å². The SMILES string of the molecule is CC(C)(C)[Si](C)(C)Oc1cc(OCc2ccccc2)ccc1C/C=C/c1ccc(OCc2ccccc2)cc1. The molecule has 202 valence electrons. The molecule has 0 spiro atoms. The van der Waals surface area contributed by atoms with Gasteiger partial charge in [-0.2, -0.15) is 0 Å². The van der Waals surface area contributed by atoms with Crippen molar-refractivity contribution in [2.24, 2.45) is 0 Å². The third kappa shape index (κ3) is 8.36. The van der Waals surface area contributed by atoms with E-state index in [-0.39, 0.29) is 5.04 Å². The lowest BCUT2D eigenvalue weighted by Crippen LogP contribution is -2.44. The quantitative estimate of drug-likeness (QED) is 0.179. The monoisotopic (exact) mass is 536 g/mol. The van der Waals surface area contributed by atoms with Gasteiger partial charge in [-0.05, 0) is 65.0 Å². The molecule has 39 heavy (non-hydrogen) atoms. The lowest BCUT2D eigenvalue weighted by molar-refractivity contribution is 0.305. The van der Waals surface area contributed by atoms with E-state index >= 15 is 0 Å². The van der Waals surface area contributed by atoms with Crippen LogP contribution in [0.4, 0.5) is 0 Å². The number of benzene rings is 4. The van der Waals surface area contributed by atoms with Crippen molar-refractivity contribution in [1.29, 1.82) is 0 Å². The van der Waals surface area contributed by atoms with Crippen LogP contribution in [0.1, 0.15) is 43.0 Å². The second kappa shape index (κ2) is 12.9. The zero-order chi connectivity index (χ0) is 27.7. The van der Waals surface area contributed by atoms with E-state index in [1.807, 2.05) is 54.6 Å². The molecule has 0 saturated heterocycles. The Bertz CT molecular complexity index is 1340. The van der Waals surface area contributed by atoms with E-state index in [1.165, 1.54) is 0 Å². The molecule has 4 aromatic carbocycles. The molecule has 0 saturated carbocycles. The van der Waals surface area contributed by atoms with Gasteiger partial charge < -0.3 is 13.9 Å². The van der Waals surface area contributed by atoms with Crippen LogP contribution in [0.3, 0.4) is 0 Å². The molecule has 4 rings (SSSR count). The standard InChI is InChI=1S/C35H40O3Si/c1-35(2,3)39(4,5)38-34-25-33(37-27-30-15-10-7-11-16-30)24-21-31(34)18-12-17-28-19-22-32(23-20-28)36-26-29-13-8-6-9-14-29/h6-17,19-25H,18,26-27H2,1-5H3/b17-12+. The summed E-state index contributed by atoms with van der Waals surface area (Å²) < 4.78 is 18.8. The topological polar surface area (TPSA) is 27.7 Å². The average Bonchev–Trinajstić information content (AvgIpc) is 2.93. The molecule has 0 fully saturated rings. The summed E-state index contributed by atoms with van der Waals surface area (Å²) in [5.74, 6) is 2.61. The Labute approximate surface area is 235 Å². The van der Waals surface area contributed by atoms with Crippen LogP contribution in [0.25, 0.3) is 6.08 Å². The van der Waals surface area contributed by atoms with E-state index < -0.39 is 8.32 Å². The molecule has 0 atom stereocenters. The molecular weight excluding hydrogens is 496 g/mol. The first kappa shape index (κ1) is 28.3. The minimum Gasteiger partial charge on any atom is -0.543 e. The molecule has 0 radical (unpaired) electrons. The predicted molar refractivity (Wildman–Crippen MR) is 165 cm³/mol. The van der Waals surface area contributed by atoms with E-state index in [1.54, 1.807) is 0 Å². The van der Waals surface area contributed by atoms with Crippen molar-refractivity contribution in [1.82, 2.24) is 0 Å². The number of ether oxygens (including phenoxy) is 2. The van der Waals surface area contributed by atoms with Crippen molar-refractivity contribution < 1.29 is 13.9 Å². The van der Waals surface area contributed by atoms with Crippen LogP contribution in [0, 0.1) is 0 Å². The fraction of sp³-hybridized carbons (Fsp3) is 0.257. The summed E-state index contributed by atoms with van der Waals surface area (Å²) in [5, 5.41) is 0.103. The second-order valence-electron chi connectivity index (χ2n) is 11.4. The summed E-state index contributed by atoms with van der Waals surface area (Å²) in [5.41, 5.74) is 4.60. The summed E-state index contributed by atoms with van der Waals surface area (Å²) in [6, 6.07) is 34.9. The van der Waals surface area contributed by atoms with Crippen LogP contribution in [-0.4, -0.2) is 8.32 Å². The summed E-state index contributed by atoms with van der Waals surface area (Å²) >= 11 is 0. The van der Waals surface area contributed by atoms with E-state index in [0.29, 0.717) is 13.2 Å². The largest absolute Gasteiger partial charge is 0.543 e. The number of hydrogen-bond donors (Lipinski definition) is 0. The van der Waals surface area contributed by atoms with Gasteiger partial charge in [0, 0.05) is 6.07 Å². The minimum atomic E-state index is -2.02. The van der Waals surface area contributed by atoms with Crippen LogP contribution >= 0.6 is 0 Å². The first-order valence-electron chi connectivity index (χ1n) is 13.6. The van der Waals surface area contributed by atoms with E-state index in [2.05, 4.69) is 94.5 Å². The summed E-state index contributed by atoms with van der Waals surface area (Å²) in [6.07, 6.45) is 5.12.